The van der Waals surface area contributed by atoms with E-state index in [1.54, 1.807) is 14.2 Å². The van der Waals surface area contributed by atoms with Crippen molar-refractivity contribution in [3.05, 3.63) is 89.0 Å². The van der Waals surface area contributed by atoms with Gasteiger partial charge in [0.2, 0.25) is 0 Å². The molecule has 0 bridgehead atoms. The van der Waals surface area contributed by atoms with Crippen LogP contribution >= 0.6 is 0 Å². The molecule has 2 heterocycles. The van der Waals surface area contributed by atoms with E-state index >= 15 is 0 Å². The van der Waals surface area contributed by atoms with Crippen LogP contribution in [0.15, 0.2) is 66.7 Å². The second-order valence-electron chi connectivity index (χ2n) is 6.92. The largest absolute Gasteiger partial charge is 0.497 e. The van der Waals surface area contributed by atoms with Crippen LogP contribution < -0.4 is 14.4 Å². The summed E-state index contributed by atoms with van der Waals surface area (Å²) in [4.78, 5) is 2.27. The third-order valence-corrected chi connectivity index (χ3v) is 5.34. The zero-order valence-corrected chi connectivity index (χ0v) is 15.9. The van der Waals surface area contributed by atoms with Crippen LogP contribution in [-0.4, -0.2) is 14.2 Å². The molecular weight excluding hydrogens is 350 g/mol. The molecule has 1 unspecified atom stereocenters. The molecular formula is C24H21NO3. The number of methoxy groups -OCH3 is 2. The Morgan fingerprint density at radius 1 is 0.893 bits per heavy atom. The maximum atomic E-state index is 6.32. The smallest absolute Gasteiger partial charge is 0.161 e. The van der Waals surface area contributed by atoms with E-state index in [4.69, 9.17) is 14.2 Å². The fourth-order valence-electron chi connectivity index (χ4n) is 3.98. The highest BCUT2D eigenvalue weighted by atomic mass is 16.5. The average molecular weight is 371 g/mol. The molecule has 0 radical (unpaired) electrons. The molecule has 0 spiro atoms. The lowest BCUT2D eigenvalue weighted by Gasteiger charge is -2.43. The molecule has 0 aromatic heterocycles. The molecule has 0 saturated carbocycles. The van der Waals surface area contributed by atoms with Crippen molar-refractivity contribution >= 4 is 17.5 Å². The minimum absolute atomic E-state index is 0.164. The van der Waals surface area contributed by atoms with Crippen LogP contribution in [0.5, 0.6) is 11.5 Å². The fourth-order valence-corrected chi connectivity index (χ4v) is 3.98. The van der Waals surface area contributed by atoms with E-state index in [1.807, 2.05) is 18.2 Å². The number of fused-ring (bicyclic) bond motifs is 5. The van der Waals surface area contributed by atoms with Gasteiger partial charge in [0.1, 0.15) is 11.5 Å². The van der Waals surface area contributed by atoms with Gasteiger partial charge in [0.25, 0.3) is 0 Å². The average Bonchev–Trinajstić information content (AvgIpc) is 2.77. The molecule has 5 rings (SSSR count). The maximum absolute atomic E-state index is 6.32. The monoisotopic (exact) mass is 371 g/mol. The van der Waals surface area contributed by atoms with Crippen LogP contribution in [0.25, 0.3) is 11.8 Å². The Kier molecular flexibility index (Phi) is 4.06. The highest BCUT2D eigenvalue weighted by molar-refractivity contribution is 5.94. The summed E-state index contributed by atoms with van der Waals surface area (Å²) in [5.41, 5.74) is 6.78. The predicted molar refractivity (Wildman–Crippen MR) is 110 cm³/mol. The number of benzene rings is 3. The Morgan fingerprint density at radius 3 is 2.39 bits per heavy atom. The van der Waals surface area contributed by atoms with Crippen molar-refractivity contribution in [2.45, 2.75) is 12.8 Å². The number of nitrogens with zero attached hydrogens (tertiary/aromatic N) is 1. The zero-order valence-electron chi connectivity index (χ0n) is 15.9. The highest BCUT2D eigenvalue weighted by Gasteiger charge is 2.35. The minimum Gasteiger partial charge on any atom is -0.497 e. The van der Waals surface area contributed by atoms with Gasteiger partial charge in [-0.1, -0.05) is 42.5 Å². The van der Waals surface area contributed by atoms with Gasteiger partial charge in [0, 0.05) is 28.4 Å². The lowest BCUT2D eigenvalue weighted by Crippen LogP contribution is -2.35. The summed E-state index contributed by atoms with van der Waals surface area (Å²) in [6, 6.07) is 22.8. The fraction of sp³-hybridized carbons (Fsp3) is 0.167. The van der Waals surface area contributed by atoms with Gasteiger partial charge in [-0.15, -0.1) is 0 Å². The first-order valence-corrected chi connectivity index (χ1v) is 9.31. The van der Waals surface area contributed by atoms with Crippen LogP contribution in [0.1, 0.15) is 28.5 Å². The summed E-state index contributed by atoms with van der Waals surface area (Å²) in [5, 5.41) is 0. The van der Waals surface area contributed by atoms with E-state index in [2.05, 4.69) is 59.5 Å². The van der Waals surface area contributed by atoms with E-state index in [0.717, 1.165) is 22.8 Å². The molecule has 3 aromatic rings. The van der Waals surface area contributed by atoms with Crippen molar-refractivity contribution in [1.82, 2.24) is 0 Å². The molecule has 28 heavy (non-hydrogen) atoms. The molecule has 4 heteroatoms. The zero-order chi connectivity index (χ0) is 19.1. The molecule has 3 aromatic carbocycles. The quantitative estimate of drug-likeness (QED) is 0.629. The number of hydrogen-bond acceptors (Lipinski definition) is 4. The van der Waals surface area contributed by atoms with Crippen LogP contribution in [0.3, 0.4) is 0 Å². The third-order valence-electron chi connectivity index (χ3n) is 5.34. The van der Waals surface area contributed by atoms with Gasteiger partial charge in [-0.3, -0.25) is 0 Å². The number of rotatable bonds is 3. The second-order valence-corrected chi connectivity index (χ2v) is 6.92. The summed E-state index contributed by atoms with van der Waals surface area (Å²) in [5.74, 6) is 1.52. The lowest BCUT2D eigenvalue weighted by molar-refractivity contribution is 0.0344. The molecule has 2 aliphatic heterocycles. The summed E-state index contributed by atoms with van der Waals surface area (Å²) in [6.07, 6.45) is 2.05. The molecule has 0 amide bonds. The van der Waals surface area contributed by atoms with Gasteiger partial charge in [-0.25, -0.2) is 0 Å². The number of hydrogen-bond donors (Lipinski definition) is 0. The van der Waals surface area contributed by atoms with Crippen molar-refractivity contribution in [2.24, 2.45) is 0 Å². The summed E-state index contributed by atoms with van der Waals surface area (Å²) < 4.78 is 17.3. The molecule has 0 N–H and O–H groups in total. The van der Waals surface area contributed by atoms with Gasteiger partial charge in [0.15, 0.2) is 6.23 Å². The van der Waals surface area contributed by atoms with Crippen LogP contribution in [0.4, 0.5) is 5.69 Å². The number of anilines is 1. The first-order chi connectivity index (χ1) is 13.8. The Labute approximate surface area is 164 Å². The molecule has 1 atom stereocenters. The number of ether oxygens (including phenoxy) is 3. The lowest BCUT2D eigenvalue weighted by atomic mass is 9.94. The summed E-state index contributed by atoms with van der Waals surface area (Å²) in [7, 11) is 3.34. The van der Waals surface area contributed by atoms with Crippen LogP contribution in [0.2, 0.25) is 0 Å². The SMILES string of the molecule is COc1cc(OC)cc(C2=Cc3ccccc3C3OCc4ccccc4N23)c1. The first kappa shape index (κ1) is 16.9. The highest BCUT2D eigenvalue weighted by Crippen LogP contribution is 2.47. The summed E-state index contributed by atoms with van der Waals surface area (Å²) in [6.45, 7) is 0.598. The maximum Gasteiger partial charge on any atom is 0.161 e. The van der Waals surface area contributed by atoms with Gasteiger partial charge >= 0.3 is 0 Å². The van der Waals surface area contributed by atoms with Crippen molar-refractivity contribution in [1.29, 1.82) is 0 Å². The molecule has 2 aliphatic rings. The molecule has 0 saturated heterocycles. The van der Waals surface area contributed by atoms with Crippen LogP contribution in [-0.2, 0) is 11.3 Å². The topological polar surface area (TPSA) is 30.9 Å². The standard InChI is InChI=1S/C24H21NO3/c1-26-19-11-18(12-20(14-19)27-2)23-13-16-7-3-5-9-21(16)24-25(23)22-10-6-4-8-17(22)15-28-24/h3-14,24H,15H2,1-2H3. The Morgan fingerprint density at radius 2 is 1.61 bits per heavy atom. The molecule has 4 nitrogen and oxygen atoms in total. The van der Waals surface area contributed by atoms with Crippen molar-refractivity contribution < 1.29 is 14.2 Å². The first-order valence-electron chi connectivity index (χ1n) is 9.31. The van der Waals surface area contributed by atoms with Gasteiger partial charge < -0.3 is 19.1 Å². The molecule has 140 valence electrons. The molecule has 0 fully saturated rings. The van der Waals surface area contributed by atoms with Crippen molar-refractivity contribution in [3.8, 4) is 11.5 Å². The van der Waals surface area contributed by atoms with E-state index in [9.17, 15) is 0 Å². The van der Waals surface area contributed by atoms with Crippen LogP contribution in [0, 0.1) is 0 Å². The Bertz CT molecular complexity index is 1050. The predicted octanol–water partition coefficient (Wildman–Crippen LogP) is 5.25. The Hall–Kier alpha value is -3.24. The van der Waals surface area contributed by atoms with Gasteiger partial charge in [-0.05, 0) is 29.8 Å². The van der Waals surface area contributed by atoms with E-state index in [0.29, 0.717) is 6.61 Å². The molecule has 0 aliphatic carbocycles. The summed E-state index contributed by atoms with van der Waals surface area (Å²) >= 11 is 0. The van der Waals surface area contributed by atoms with E-state index in [-0.39, 0.29) is 6.23 Å². The second kappa shape index (κ2) is 6.73. The van der Waals surface area contributed by atoms with Gasteiger partial charge in [0.05, 0.1) is 26.5 Å². The van der Waals surface area contributed by atoms with E-state index < -0.39 is 0 Å². The Balaban J connectivity index is 1.75. The van der Waals surface area contributed by atoms with Crippen molar-refractivity contribution in [3.63, 3.8) is 0 Å². The normalized spacial score (nSPS) is 17.1. The minimum atomic E-state index is -0.164. The third kappa shape index (κ3) is 2.65. The van der Waals surface area contributed by atoms with Crippen molar-refractivity contribution in [2.75, 3.05) is 19.1 Å². The van der Waals surface area contributed by atoms with E-state index in [1.165, 1.54) is 22.4 Å². The number of para-hydroxylation sites is 1. The van der Waals surface area contributed by atoms with Gasteiger partial charge in [-0.2, -0.15) is 0 Å².